The number of H-pyrrole nitrogens is 2. The van der Waals surface area contributed by atoms with Crippen LogP contribution >= 0.6 is 11.3 Å². The third-order valence-electron chi connectivity index (χ3n) is 1.69. The summed E-state index contributed by atoms with van der Waals surface area (Å²) < 4.78 is 21.8. The second-order valence-electron chi connectivity index (χ2n) is 2.76. The summed E-state index contributed by atoms with van der Waals surface area (Å²) in [4.78, 5) is 26.6. The predicted octanol–water partition coefficient (Wildman–Crippen LogP) is -1.07. The summed E-state index contributed by atoms with van der Waals surface area (Å²) in [6.07, 6.45) is 0. The molecule has 2 heterocycles. The Morgan fingerprint density at radius 2 is 1.93 bits per heavy atom. The van der Waals surface area contributed by atoms with Crippen LogP contribution in [0.3, 0.4) is 0 Å². The minimum atomic E-state index is -3.85. The number of nitrogens with one attached hydrogen (secondary N) is 2. The van der Waals surface area contributed by atoms with Crippen LogP contribution in [-0.2, 0) is 10.0 Å². The molecule has 0 spiro atoms. The van der Waals surface area contributed by atoms with Crippen molar-refractivity contribution in [1.82, 2.24) is 9.97 Å². The van der Waals surface area contributed by atoms with Crippen LogP contribution in [0.25, 0.3) is 10.2 Å². The lowest BCUT2D eigenvalue weighted by Gasteiger charge is -1.86. The van der Waals surface area contributed by atoms with Crippen molar-refractivity contribution in [2.24, 2.45) is 5.14 Å². The fraction of sp³-hybridized carbons (Fsp3) is 0. The maximum Gasteiger partial charge on any atom is 0.326 e. The van der Waals surface area contributed by atoms with E-state index < -0.39 is 21.3 Å². The lowest BCUT2D eigenvalue weighted by atomic mass is 10.4. The largest absolute Gasteiger partial charge is 0.326 e. The van der Waals surface area contributed by atoms with Crippen molar-refractivity contribution in [1.29, 1.82) is 0 Å². The van der Waals surface area contributed by atoms with Gasteiger partial charge >= 0.3 is 5.69 Å². The average Bonchev–Trinajstić information content (AvgIpc) is 2.46. The molecule has 0 saturated carbocycles. The van der Waals surface area contributed by atoms with E-state index in [2.05, 4.69) is 4.98 Å². The third kappa shape index (κ3) is 1.71. The predicted molar refractivity (Wildman–Crippen MR) is 54.4 cm³/mol. The molecule has 0 aliphatic heterocycles. The second kappa shape index (κ2) is 3.02. The molecular weight excluding hydrogens is 242 g/mol. The molecule has 0 unspecified atom stereocenters. The number of hydrogen-bond acceptors (Lipinski definition) is 5. The molecule has 0 atom stereocenters. The highest BCUT2D eigenvalue weighted by molar-refractivity contribution is 7.91. The molecule has 0 fully saturated rings. The van der Waals surface area contributed by atoms with Gasteiger partial charge in [0.15, 0.2) is 0 Å². The van der Waals surface area contributed by atoms with Crippen molar-refractivity contribution in [3.05, 3.63) is 26.9 Å². The third-order valence-corrected chi connectivity index (χ3v) is 4.16. The van der Waals surface area contributed by atoms with E-state index in [9.17, 15) is 18.0 Å². The number of thiophene rings is 1. The first-order valence-corrected chi connectivity index (χ1v) is 6.03. The van der Waals surface area contributed by atoms with Crippen LogP contribution in [0.1, 0.15) is 0 Å². The summed E-state index contributed by atoms with van der Waals surface area (Å²) in [6, 6.07) is 1.13. The highest BCUT2D eigenvalue weighted by atomic mass is 32.2. The lowest BCUT2D eigenvalue weighted by molar-refractivity contribution is 0.600. The summed E-state index contributed by atoms with van der Waals surface area (Å²) in [7, 11) is -3.85. The van der Waals surface area contributed by atoms with Gasteiger partial charge in [-0.1, -0.05) is 0 Å². The summed E-state index contributed by atoms with van der Waals surface area (Å²) >= 11 is 0.744. The van der Waals surface area contributed by atoms with Gasteiger partial charge in [0, 0.05) is 0 Å². The van der Waals surface area contributed by atoms with Crippen molar-refractivity contribution in [2.45, 2.75) is 4.21 Å². The Kier molecular flexibility index (Phi) is 2.03. The first-order valence-electron chi connectivity index (χ1n) is 3.67. The second-order valence-corrected chi connectivity index (χ2v) is 5.60. The molecule has 9 heteroatoms. The van der Waals surface area contributed by atoms with Crippen molar-refractivity contribution in [3.63, 3.8) is 0 Å². The van der Waals surface area contributed by atoms with Gasteiger partial charge in [-0.25, -0.2) is 18.4 Å². The zero-order valence-corrected chi connectivity index (χ0v) is 8.74. The van der Waals surface area contributed by atoms with Crippen LogP contribution in [-0.4, -0.2) is 18.4 Å². The fourth-order valence-corrected chi connectivity index (χ4v) is 2.85. The molecule has 2 aromatic rings. The molecule has 0 radical (unpaired) electrons. The van der Waals surface area contributed by atoms with Gasteiger partial charge < -0.3 is 0 Å². The number of sulfonamides is 1. The summed E-state index contributed by atoms with van der Waals surface area (Å²) in [5, 5.41) is 4.99. The SMILES string of the molecule is NS(=O)(=O)c1cc2c(=O)[nH]c(=O)[nH]c2s1. The highest BCUT2D eigenvalue weighted by Gasteiger charge is 2.14. The Bertz CT molecular complexity index is 736. The zero-order chi connectivity index (χ0) is 11.2. The van der Waals surface area contributed by atoms with Gasteiger partial charge in [0.2, 0.25) is 10.0 Å². The molecule has 0 aliphatic carbocycles. The maximum atomic E-state index is 11.2. The Labute approximate surface area is 86.6 Å². The standard InChI is InChI=1S/C6H5N3O4S2/c7-15(12,13)3-1-2-4(10)8-6(11)9-5(2)14-3/h1H,(H2,7,12,13)(H2,8,9,10,11). The monoisotopic (exact) mass is 247 g/mol. The van der Waals surface area contributed by atoms with E-state index in [-0.39, 0.29) is 14.4 Å². The Morgan fingerprint density at radius 1 is 1.27 bits per heavy atom. The molecule has 0 amide bonds. The molecule has 2 rings (SSSR count). The number of primary sulfonamides is 1. The molecule has 0 saturated heterocycles. The number of nitrogens with two attached hydrogens (primary N) is 1. The number of aromatic nitrogens is 2. The van der Waals surface area contributed by atoms with Crippen LogP contribution in [0.2, 0.25) is 0 Å². The topological polar surface area (TPSA) is 126 Å². The number of fused-ring (bicyclic) bond motifs is 1. The van der Waals surface area contributed by atoms with E-state index in [0.717, 1.165) is 17.4 Å². The first kappa shape index (κ1) is 10.1. The lowest BCUT2D eigenvalue weighted by Crippen LogP contribution is -2.20. The van der Waals surface area contributed by atoms with E-state index in [1.54, 1.807) is 0 Å². The summed E-state index contributed by atoms with van der Waals surface area (Å²) in [5.74, 6) is 0. The molecule has 80 valence electrons. The van der Waals surface area contributed by atoms with Crippen molar-refractivity contribution in [2.75, 3.05) is 0 Å². The van der Waals surface area contributed by atoms with Gasteiger partial charge in [0.25, 0.3) is 5.56 Å². The Balaban J connectivity index is 2.95. The minimum Gasteiger partial charge on any atom is -0.298 e. The van der Waals surface area contributed by atoms with Gasteiger partial charge in [0.05, 0.1) is 5.39 Å². The van der Waals surface area contributed by atoms with Crippen LogP contribution in [0.4, 0.5) is 0 Å². The van der Waals surface area contributed by atoms with Gasteiger partial charge in [-0.15, -0.1) is 11.3 Å². The highest BCUT2D eigenvalue weighted by Crippen LogP contribution is 2.22. The Hall–Kier alpha value is -1.45. The van der Waals surface area contributed by atoms with Gasteiger partial charge in [-0.2, -0.15) is 0 Å². The molecule has 0 aromatic carbocycles. The summed E-state index contributed by atoms with van der Waals surface area (Å²) in [5.41, 5.74) is -1.32. The van der Waals surface area contributed by atoms with Crippen LogP contribution < -0.4 is 16.4 Å². The van der Waals surface area contributed by atoms with Crippen LogP contribution in [0, 0.1) is 0 Å². The molecule has 15 heavy (non-hydrogen) atoms. The first-order chi connectivity index (χ1) is 6.88. The van der Waals surface area contributed by atoms with Crippen molar-refractivity contribution < 1.29 is 8.42 Å². The van der Waals surface area contributed by atoms with E-state index in [4.69, 9.17) is 5.14 Å². The molecule has 7 nitrogen and oxygen atoms in total. The zero-order valence-electron chi connectivity index (χ0n) is 7.10. The van der Waals surface area contributed by atoms with Crippen LogP contribution in [0.15, 0.2) is 19.9 Å². The quantitative estimate of drug-likeness (QED) is 0.592. The normalized spacial score (nSPS) is 12.1. The van der Waals surface area contributed by atoms with Gasteiger partial charge in [0.1, 0.15) is 9.04 Å². The smallest absolute Gasteiger partial charge is 0.298 e. The number of rotatable bonds is 1. The molecule has 0 aliphatic rings. The Morgan fingerprint density at radius 3 is 2.53 bits per heavy atom. The maximum absolute atomic E-state index is 11.2. The fourth-order valence-electron chi connectivity index (χ4n) is 1.07. The number of hydrogen-bond donors (Lipinski definition) is 3. The van der Waals surface area contributed by atoms with Gasteiger partial charge in [-0.05, 0) is 6.07 Å². The average molecular weight is 247 g/mol. The van der Waals surface area contributed by atoms with E-state index in [0.29, 0.717) is 0 Å². The molecule has 0 bridgehead atoms. The van der Waals surface area contributed by atoms with E-state index >= 15 is 0 Å². The van der Waals surface area contributed by atoms with E-state index in [1.807, 2.05) is 4.98 Å². The minimum absolute atomic E-state index is 0.101. The number of aromatic amines is 2. The molecule has 2 aromatic heterocycles. The van der Waals surface area contributed by atoms with Gasteiger partial charge in [-0.3, -0.25) is 14.8 Å². The molecule has 4 N–H and O–H groups in total. The summed E-state index contributed by atoms with van der Waals surface area (Å²) in [6.45, 7) is 0. The molecular formula is C6H5N3O4S2. The van der Waals surface area contributed by atoms with Crippen molar-refractivity contribution >= 4 is 31.6 Å². The van der Waals surface area contributed by atoms with Crippen molar-refractivity contribution in [3.8, 4) is 0 Å². The van der Waals surface area contributed by atoms with Crippen LogP contribution in [0.5, 0.6) is 0 Å². The van der Waals surface area contributed by atoms with E-state index in [1.165, 1.54) is 0 Å².